The summed E-state index contributed by atoms with van der Waals surface area (Å²) >= 11 is 0. The molecular weight excluding hydrogens is 588 g/mol. The Balaban J connectivity index is 1.43. The molecule has 0 aliphatic carbocycles. The first-order chi connectivity index (χ1) is 22.1. The third-order valence-electron chi connectivity index (χ3n) is 8.08. The molecule has 9 N–H and O–H groups in total. The van der Waals surface area contributed by atoms with Crippen LogP contribution in [0.25, 0.3) is 21.8 Å². The zero-order chi connectivity index (χ0) is 32.8. The summed E-state index contributed by atoms with van der Waals surface area (Å²) in [7, 11) is 0. The van der Waals surface area contributed by atoms with E-state index in [1.54, 1.807) is 12.4 Å². The van der Waals surface area contributed by atoms with Crippen molar-refractivity contribution in [3.63, 3.8) is 0 Å². The Morgan fingerprint density at radius 2 is 1.24 bits per heavy atom. The molecule has 0 saturated carbocycles. The normalized spacial score (nSPS) is 14.1. The Morgan fingerprint density at radius 1 is 0.739 bits per heavy atom. The van der Waals surface area contributed by atoms with E-state index in [-0.39, 0.29) is 25.2 Å². The van der Waals surface area contributed by atoms with Crippen LogP contribution in [0, 0.1) is 5.92 Å². The molecule has 2 aromatic carbocycles. The minimum Gasteiger partial charge on any atom is -0.480 e. The molecule has 5 rings (SSSR count). The van der Waals surface area contributed by atoms with Crippen molar-refractivity contribution in [2.75, 3.05) is 0 Å². The number of para-hydroxylation sites is 2. The van der Waals surface area contributed by atoms with Gasteiger partial charge in [-0.1, -0.05) is 50.2 Å². The number of aromatic nitrogens is 4. The zero-order valence-electron chi connectivity index (χ0n) is 25.5. The number of carboxylic acid groups (broad SMARTS) is 1. The van der Waals surface area contributed by atoms with Gasteiger partial charge in [0.1, 0.15) is 18.1 Å². The number of carboxylic acids is 1. The first kappa shape index (κ1) is 32.0. The lowest BCUT2D eigenvalue weighted by molar-refractivity contribution is -0.142. The van der Waals surface area contributed by atoms with Crippen LogP contribution >= 0.6 is 0 Å². The number of carbonyl (C=O) groups is 4. The Morgan fingerprint density at radius 3 is 1.72 bits per heavy atom. The summed E-state index contributed by atoms with van der Waals surface area (Å²) in [5, 5.41) is 19.8. The maximum atomic E-state index is 14.0. The largest absolute Gasteiger partial charge is 0.480 e. The highest BCUT2D eigenvalue weighted by atomic mass is 16.4. The van der Waals surface area contributed by atoms with Crippen LogP contribution in [0.2, 0.25) is 0 Å². The smallest absolute Gasteiger partial charge is 0.326 e. The molecule has 0 aliphatic heterocycles. The topological polar surface area (TPSA) is 211 Å². The molecule has 240 valence electrons. The maximum absolute atomic E-state index is 14.0. The van der Waals surface area contributed by atoms with Crippen LogP contribution < -0.4 is 21.7 Å². The van der Waals surface area contributed by atoms with Crippen molar-refractivity contribution in [3.05, 3.63) is 90.3 Å². The van der Waals surface area contributed by atoms with Gasteiger partial charge in [-0.05, 0) is 29.2 Å². The predicted octanol–water partition coefficient (Wildman–Crippen LogP) is 1.92. The number of nitrogens with two attached hydrogens (primary N) is 1. The number of carbonyl (C=O) groups excluding carboxylic acids is 3. The van der Waals surface area contributed by atoms with E-state index < -0.39 is 47.9 Å². The third-order valence-corrected chi connectivity index (χ3v) is 8.08. The van der Waals surface area contributed by atoms with Gasteiger partial charge in [0.2, 0.25) is 17.7 Å². The number of aromatic amines is 3. The molecule has 46 heavy (non-hydrogen) atoms. The Labute approximate surface area is 264 Å². The summed E-state index contributed by atoms with van der Waals surface area (Å²) in [6.07, 6.45) is 6.56. The molecule has 13 heteroatoms. The van der Waals surface area contributed by atoms with E-state index in [2.05, 4.69) is 35.9 Å². The summed E-state index contributed by atoms with van der Waals surface area (Å²) in [5.41, 5.74) is 9.90. The van der Waals surface area contributed by atoms with Crippen molar-refractivity contribution in [3.8, 4) is 0 Å². The number of H-pyrrole nitrogens is 3. The quantitative estimate of drug-likeness (QED) is 0.0917. The average molecular weight is 627 g/mol. The second-order valence-corrected chi connectivity index (χ2v) is 11.7. The molecule has 5 aromatic rings. The van der Waals surface area contributed by atoms with E-state index >= 15 is 0 Å². The second-order valence-electron chi connectivity index (χ2n) is 11.7. The van der Waals surface area contributed by atoms with Gasteiger partial charge in [0.25, 0.3) is 0 Å². The highest BCUT2D eigenvalue weighted by Gasteiger charge is 2.32. The van der Waals surface area contributed by atoms with Crippen LogP contribution in [-0.4, -0.2) is 72.9 Å². The number of hydrogen-bond acceptors (Lipinski definition) is 6. The number of amides is 3. The van der Waals surface area contributed by atoms with Crippen LogP contribution in [-0.2, 0) is 38.4 Å². The summed E-state index contributed by atoms with van der Waals surface area (Å²) in [6, 6.07) is 10.7. The van der Waals surface area contributed by atoms with Gasteiger partial charge in [-0.2, -0.15) is 0 Å². The van der Waals surface area contributed by atoms with Crippen molar-refractivity contribution in [2.24, 2.45) is 11.7 Å². The van der Waals surface area contributed by atoms with Gasteiger partial charge in [0.15, 0.2) is 0 Å². The van der Waals surface area contributed by atoms with E-state index in [1.165, 1.54) is 12.5 Å². The maximum Gasteiger partial charge on any atom is 0.326 e. The molecule has 0 spiro atoms. The second kappa shape index (κ2) is 14.1. The minimum atomic E-state index is -1.29. The van der Waals surface area contributed by atoms with Gasteiger partial charge in [0, 0.05) is 65.4 Å². The summed E-state index contributed by atoms with van der Waals surface area (Å²) in [4.78, 5) is 66.1. The Kier molecular flexibility index (Phi) is 9.82. The summed E-state index contributed by atoms with van der Waals surface area (Å²) in [5.74, 6) is -3.23. The van der Waals surface area contributed by atoms with E-state index in [0.29, 0.717) is 5.69 Å². The van der Waals surface area contributed by atoms with Crippen LogP contribution in [0.4, 0.5) is 0 Å². The number of imidazole rings is 1. The van der Waals surface area contributed by atoms with E-state index in [0.717, 1.165) is 32.9 Å². The first-order valence-corrected chi connectivity index (χ1v) is 15.1. The molecule has 0 bridgehead atoms. The van der Waals surface area contributed by atoms with Crippen LogP contribution in [0.15, 0.2) is 73.4 Å². The average Bonchev–Trinajstić information content (AvgIpc) is 3.80. The van der Waals surface area contributed by atoms with Crippen LogP contribution in [0.5, 0.6) is 0 Å². The lowest BCUT2D eigenvalue weighted by Gasteiger charge is -2.26. The number of nitrogens with zero attached hydrogens (tertiary/aromatic N) is 1. The fourth-order valence-corrected chi connectivity index (χ4v) is 5.39. The van der Waals surface area contributed by atoms with Gasteiger partial charge >= 0.3 is 5.97 Å². The van der Waals surface area contributed by atoms with Crippen molar-refractivity contribution >= 4 is 45.5 Å². The number of benzene rings is 2. The minimum absolute atomic E-state index is 0.0405. The lowest BCUT2D eigenvalue weighted by atomic mass is 10.00. The van der Waals surface area contributed by atoms with Crippen LogP contribution in [0.1, 0.15) is 30.7 Å². The monoisotopic (exact) mass is 626 g/mol. The Bertz CT molecular complexity index is 1830. The highest BCUT2D eigenvalue weighted by molar-refractivity contribution is 5.95. The standard InChI is InChI=1S/C33H38N8O5/c1-18(2)29(34)32(44)40-27(12-20-15-37-25-10-6-4-8-23(20)25)30(42)39-26(11-19-14-36-24-9-5-3-7-22(19)24)31(43)41-28(33(45)46)13-21-16-35-17-38-21/h3-10,14-18,26-29,36-37H,11-13,34H2,1-2H3,(H,35,38)(H,39,42)(H,40,44)(H,41,43)(H,45,46). The number of fused-ring (bicyclic) bond motifs is 2. The van der Waals surface area contributed by atoms with Crippen molar-refractivity contribution in [1.82, 2.24) is 35.9 Å². The van der Waals surface area contributed by atoms with Gasteiger partial charge in [-0.3, -0.25) is 14.4 Å². The molecule has 3 heterocycles. The fourth-order valence-electron chi connectivity index (χ4n) is 5.39. The highest BCUT2D eigenvalue weighted by Crippen LogP contribution is 2.21. The molecule has 13 nitrogen and oxygen atoms in total. The number of rotatable bonds is 14. The van der Waals surface area contributed by atoms with Crippen LogP contribution in [0.3, 0.4) is 0 Å². The predicted molar refractivity (Wildman–Crippen MR) is 173 cm³/mol. The van der Waals surface area contributed by atoms with Crippen molar-refractivity contribution < 1.29 is 24.3 Å². The molecule has 0 aliphatic rings. The Hall–Kier alpha value is -5.43. The van der Waals surface area contributed by atoms with Gasteiger partial charge in [-0.25, -0.2) is 9.78 Å². The molecule has 0 fully saturated rings. The molecule has 0 saturated heterocycles. The lowest BCUT2D eigenvalue weighted by Crippen LogP contribution is -2.58. The van der Waals surface area contributed by atoms with Crippen molar-refractivity contribution in [1.29, 1.82) is 0 Å². The fraction of sp³-hybridized carbons (Fsp3) is 0.303. The van der Waals surface area contributed by atoms with E-state index in [4.69, 9.17) is 5.73 Å². The summed E-state index contributed by atoms with van der Waals surface area (Å²) < 4.78 is 0. The molecule has 3 amide bonds. The van der Waals surface area contributed by atoms with Gasteiger partial charge < -0.3 is 41.7 Å². The SMILES string of the molecule is CC(C)C(N)C(=O)NC(Cc1c[nH]c2ccccc12)C(=O)NC(Cc1c[nH]c2ccccc12)C(=O)NC(Cc1cnc[nH]1)C(=O)O. The number of nitrogens with one attached hydrogen (secondary N) is 6. The van der Waals surface area contributed by atoms with E-state index in [9.17, 15) is 24.3 Å². The zero-order valence-corrected chi connectivity index (χ0v) is 25.5. The molecule has 4 unspecified atom stereocenters. The number of hydrogen-bond donors (Lipinski definition) is 8. The number of aliphatic carboxylic acids is 1. The first-order valence-electron chi connectivity index (χ1n) is 15.1. The van der Waals surface area contributed by atoms with Gasteiger partial charge in [-0.15, -0.1) is 0 Å². The van der Waals surface area contributed by atoms with Crippen molar-refractivity contribution in [2.45, 2.75) is 57.3 Å². The third kappa shape index (κ3) is 7.44. The molecule has 3 aromatic heterocycles. The molecular formula is C33H38N8O5. The van der Waals surface area contributed by atoms with E-state index in [1.807, 2.05) is 62.4 Å². The molecule has 0 radical (unpaired) electrons. The summed E-state index contributed by atoms with van der Waals surface area (Å²) in [6.45, 7) is 3.62. The van der Waals surface area contributed by atoms with Gasteiger partial charge in [0.05, 0.1) is 12.4 Å². The molecule has 4 atom stereocenters.